The molecule has 3 aromatic rings. The Balaban J connectivity index is 1.82. The zero-order valence-corrected chi connectivity index (χ0v) is 17.5. The van der Waals surface area contributed by atoms with Crippen LogP contribution < -0.4 is 10.0 Å². The van der Waals surface area contributed by atoms with Crippen LogP contribution in [0, 0.1) is 11.6 Å². The van der Waals surface area contributed by atoms with E-state index in [2.05, 4.69) is 10.0 Å². The summed E-state index contributed by atoms with van der Waals surface area (Å²) in [7, 11) is -4.06. The van der Waals surface area contributed by atoms with E-state index < -0.39 is 33.1 Å². The molecule has 156 valence electrons. The Morgan fingerprint density at radius 2 is 1.60 bits per heavy atom. The van der Waals surface area contributed by atoms with Crippen molar-refractivity contribution in [2.45, 2.75) is 11.4 Å². The van der Waals surface area contributed by atoms with Crippen LogP contribution in [0.25, 0.3) is 0 Å². The van der Waals surface area contributed by atoms with Gasteiger partial charge in [0.15, 0.2) is 0 Å². The molecule has 30 heavy (non-hydrogen) atoms. The van der Waals surface area contributed by atoms with E-state index in [0.717, 1.165) is 30.3 Å². The summed E-state index contributed by atoms with van der Waals surface area (Å²) in [5.74, 6) is -2.53. The lowest BCUT2D eigenvalue weighted by atomic mass is 10.2. The van der Waals surface area contributed by atoms with Gasteiger partial charge in [-0.25, -0.2) is 21.9 Å². The smallest absolute Gasteiger partial charge is 0.258 e. The normalized spacial score (nSPS) is 11.3. The molecular weight excluding hydrogens is 457 g/mol. The third kappa shape index (κ3) is 5.14. The van der Waals surface area contributed by atoms with E-state index in [9.17, 15) is 22.0 Å². The first-order valence-electron chi connectivity index (χ1n) is 8.46. The lowest BCUT2D eigenvalue weighted by molar-refractivity contribution is 0.102. The number of rotatable bonds is 6. The fourth-order valence-electron chi connectivity index (χ4n) is 2.52. The molecule has 0 aliphatic rings. The zero-order valence-electron chi connectivity index (χ0n) is 15.1. The number of nitrogens with one attached hydrogen (secondary N) is 2. The fourth-order valence-corrected chi connectivity index (χ4v) is 3.93. The van der Waals surface area contributed by atoms with Gasteiger partial charge in [-0.1, -0.05) is 41.4 Å². The Bertz CT molecular complexity index is 1220. The van der Waals surface area contributed by atoms with Crippen LogP contribution in [0.2, 0.25) is 10.0 Å². The topological polar surface area (TPSA) is 75.3 Å². The third-order valence-electron chi connectivity index (χ3n) is 4.08. The van der Waals surface area contributed by atoms with Crippen LogP contribution in [0.1, 0.15) is 15.9 Å². The highest BCUT2D eigenvalue weighted by atomic mass is 35.5. The molecule has 0 unspecified atom stereocenters. The van der Waals surface area contributed by atoms with Crippen LogP contribution in [0.15, 0.2) is 65.6 Å². The van der Waals surface area contributed by atoms with Crippen molar-refractivity contribution in [2.75, 3.05) is 5.32 Å². The predicted octanol–water partition coefficient (Wildman–Crippen LogP) is 5.00. The van der Waals surface area contributed by atoms with Crippen molar-refractivity contribution in [1.82, 2.24) is 4.72 Å². The fraction of sp³-hybridized carbons (Fsp3) is 0.0500. The van der Waals surface area contributed by atoms with Crippen LogP contribution in [0.5, 0.6) is 0 Å². The van der Waals surface area contributed by atoms with Crippen molar-refractivity contribution in [2.24, 2.45) is 0 Å². The van der Waals surface area contributed by atoms with Gasteiger partial charge in [-0.05, 0) is 48.0 Å². The number of anilines is 1. The molecule has 10 heteroatoms. The van der Waals surface area contributed by atoms with Crippen LogP contribution in [-0.2, 0) is 16.6 Å². The molecule has 5 nitrogen and oxygen atoms in total. The number of hydrogen-bond acceptors (Lipinski definition) is 3. The van der Waals surface area contributed by atoms with Crippen molar-refractivity contribution in [1.29, 1.82) is 0 Å². The monoisotopic (exact) mass is 470 g/mol. The first-order valence-corrected chi connectivity index (χ1v) is 10.7. The standard InChI is InChI=1S/C20H14Cl2F2N2O3S/c21-16-4-2-1-3-12(16)11-25-30(28,29)14-6-8-18(23)15(10-14)20(27)26-13-5-7-19(24)17(22)9-13/h1-10,25H,11H2,(H,26,27). The van der Waals surface area contributed by atoms with Gasteiger partial charge in [-0.3, -0.25) is 4.79 Å². The minimum Gasteiger partial charge on any atom is -0.322 e. The molecule has 0 aromatic heterocycles. The summed E-state index contributed by atoms with van der Waals surface area (Å²) in [6.07, 6.45) is 0. The van der Waals surface area contributed by atoms with Crippen LogP contribution in [0.3, 0.4) is 0 Å². The van der Waals surface area contributed by atoms with Gasteiger partial charge in [-0.15, -0.1) is 0 Å². The summed E-state index contributed by atoms with van der Waals surface area (Å²) in [5, 5.41) is 2.51. The van der Waals surface area contributed by atoms with E-state index in [1.54, 1.807) is 24.3 Å². The zero-order chi connectivity index (χ0) is 21.9. The molecular formula is C20H14Cl2F2N2O3S. The highest BCUT2D eigenvalue weighted by Crippen LogP contribution is 2.22. The number of carbonyl (C=O) groups excluding carboxylic acids is 1. The maximum absolute atomic E-state index is 14.2. The maximum Gasteiger partial charge on any atom is 0.258 e. The molecule has 0 aliphatic carbocycles. The predicted molar refractivity (Wildman–Crippen MR) is 111 cm³/mol. The molecule has 3 aromatic carbocycles. The van der Waals surface area contributed by atoms with E-state index in [1.165, 1.54) is 6.07 Å². The van der Waals surface area contributed by atoms with Gasteiger partial charge in [0.2, 0.25) is 10.0 Å². The molecule has 0 radical (unpaired) electrons. The number of carbonyl (C=O) groups is 1. The highest BCUT2D eigenvalue weighted by Gasteiger charge is 2.20. The number of halogens is 4. The average molecular weight is 471 g/mol. The van der Waals surface area contributed by atoms with Crippen LogP contribution in [-0.4, -0.2) is 14.3 Å². The van der Waals surface area contributed by atoms with E-state index in [-0.39, 0.29) is 22.2 Å². The first kappa shape index (κ1) is 22.2. The van der Waals surface area contributed by atoms with Crippen molar-refractivity contribution in [3.63, 3.8) is 0 Å². The van der Waals surface area contributed by atoms with Gasteiger partial charge in [-0.2, -0.15) is 0 Å². The number of amides is 1. The number of hydrogen-bond donors (Lipinski definition) is 2. The molecule has 0 heterocycles. The Kier molecular flexibility index (Phi) is 6.72. The van der Waals surface area contributed by atoms with Gasteiger partial charge in [0, 0.05) is 17.3 Å². The molecule has 0 atom stereocenters. The van der Waals surface area contributed by atoms with E-state index >= 15 is 0 Å². The molecule has 1 amide bonds. The lowest BCUT2D eigenvalue weighted by Crippen LogP contribution is -2.24. The maximum atomic E-state index is 14.2. The van der Waals surface area contributed by atoms with Gasteiger partial charge in [0.25, 0.3) is 5.91 Å². The van der Waals surface area contributed by atoms with Gasteiger partial charge >= 0.3 is 0 Å². The Morgan fingerprint density at radius 3 is 2.30 bits per heavy atom. The summed E-state index contributed by atoms with van der Waals surface area (Å²) in [6.45, 7) is -0.0883. The Morgan fingerprint density at radius 1 is 0.900 bits per heavy atom. The van der Waals surface area contributed by atoms with Crippen molar-refractivity contribution in [3.05, 3.63) is 93.5 Å². The van der Waals surface area contributed by atoms with Crippen molar-refractivity contribution in [3.8, 4) is 0 Å². The Hall–Kier alpha value is -2.52. The molecule has 0 aliphatic heterocycles. The second kappa shape index (κ2) is 9.09. The summed E-state index contributed by atoms with van der Waals surface area (Å²) < 4.78 is 54.9. The SMILES string of the molecule is O=C(Nc1ccc(F)c(Cl)c1)c1cc(S(=O)(=O)NCc2ccccc2Cl)ccc1F. The first-order chi connectivity index (χ1) is 14.2. The van der Waals surface area contributed by atoms with E-state index in [4.69, 9.17) is 23.2 Å². The van der Waals surface area contributed by atoms with Gasteiger partial charge < -0.3 is 5.32 Å². The second-order valence-corrected chi connectivity index (χ2v) is 8.72. The average Bonchev–Trinajstić information content (AvgIpc) is 2.70. The summed E-state index contributed by atoms with van der Waals surface area (Å²) in [4.78, 5) is 12.1. The summed E-state index contributed by atoms with van der Waals surface area (Å²) in [5.41, 5.74) is 0.169. The van der Waals surface area contributed by atoms with Gasteiger partial charge in [0.1, 0.15) is 11.6 Å². The molecule has 0 saturated heterocycles. The second-order valence-electron chi connectivity index (χ2n) is 6.14. The lowest BCUT2D eigenvalue weighted by Gasteiger charge is -2.11. The quantitative estimate of drug-likeness (QED) is 0.531. The van der Waals surface area contributed by atoms with Gasteiger partial charge in [0.05, 0.1) is 15.5 Å². The molecule has 0 fully saturated rings. The summed E-state index contributed by atoms with van der Waals surface area (Å²) >= 11 is 11.7. The summed E-state index contributed by atoms with van der Waals surface area (Å²) in [6, 6.07) is 12.9. The minimum absolute atomic E-state index is 0.0883. The molecule has 0 bridgehead atoms. The highest BCUT2D eigenvalue weighted by molar-refractivity contribution is 7.89. The van der Waals surface area contributed by atoms with E-state index in [0.29, 0.717) is 10.6 Å². The number of sulfonamides is 1. The Labute approximate surface area is 181 Å². The minimum atomic E-state index is -4.06. The largest absolute Gasteiger partial charge is 0.322 e. The van der Waals surface area contributed by atoms with Crippen molar-refractivity contribution >= 4 is 44.8 Å². The molecule has 0 spiro atoms. The van der Waals surface area contributed by atoms with Crippen LogP contribution in [0.4, 0.5) is 14.5 Å². The number of benzene rings is 3. The molecule has 3 rings (SSSR count). The van der Waals surface area contributed by atoms with Crippen molar-refractivity contribution < 1.29 is 22.0 Å². The molecule has 2 N–H and O–H groups in total. The van der Waals surface area contributed by atoms with E-state index in [1.807, 2.05) is 0 Å². The van der Waals surface area contributed by atoms with Crippen LogP contribution >= 0.6 is 23.2 Å². The third-order valence-corrected chi connectivity index (χ3v) is 6.14. The molecule has 0 saturated carbocycles.